The van der Waals surface area contributed by atoms with E-state index < -0.39 is 18.2 Å². The molecule has 0 aliphatic carbocycles. The minimum atomic E-state index is -0.635. The number of nitrogens with two attached hydrogens (primary N) is 1. The molecule has 0 aliphatic heterocycles. The number of carbonyl (C=O) groups is 1. The van der Waals surface area contributed by atoms with Crippen LogP contribution in [0.4, 0.5) is 5.82 Å². The van der Waals surface area contributed by atoms with E-state index in [9.17, 15) is 9.59 Å². The van der Waals surface area contributed by atoms with Crippen molar-refractivity contribution in [2.24, 2.45) is 0 Å². The van der Waals surface area contributed by atoms with Gasteiger partial charge in [0.25, 0.3) is 11.5 Å². The predicted molar refractivity (Wildman–Crippen MR) is 46.0 cm³/mol. The molecule has 0 saturated carbocycles. The van der Waals surface area contributed by atoms with Gasteiger partial charge in [-0.2, -0.15) is 0 Å². The van der Waals surface area contributed by atoms with Gasteiger partial charge in [0.1, 0.15) is 18.1 Å². The number of amides is 1. The molecule has 70 valence electrons. The maximum Gasteiger partial charge on any atom is 0.262 e. The summed E-state index contributed by atoms with van der Waals surface area (Å²) >= 11 is 0. The fourth-order valence-electron chi connectivity index (χ4n) is 0.835. The summed E-state index contributed by atoms with van der Waals surface area (Å²) in [6.07, 6.45) is 0. The Morgan fingerprint density at radius 2 is 2.31 bits per heavy atom. The van der Waals surface area contributed by atoms with Gasteiger partial charge in [0.2, 0.25) is 0 Å². The Hall–Kier alpha value is -1.82. The van der Waals surface area contributed by atoms with Gasteiger partial charge in [-0.25, -0.2) is 0 Å². The number of aliphatic hydroxyl groups is 1. The summed E-state index contributed by atoms with van der Waals surface area (Å²) in [5.41, 5.74) is 4.61. The zero-order chi connectivity index (χ0) is 9.84. The van der Waals surface area contributed by atoms with Crippen LogP contribution in [0.3, 0.4) is 0 Å². The maximum absolute atomic E-state index is 11.1. The maximum atomic E-state index is 11.1. The molecule has 0 bridgehead atoms. The molecule has 1 rings (SSSR count). The number of pyridine rings is 1. The molecule has 0 spiro atoms. The molecule has 6 heteroatoms. The van der Waals surface area contributed by atoms with Crippen molar-refractivity contribution in [1.29, 1.82) is 0 Å². The zero-order valence-electron chi connectivity index (χ0n) is 6.70. The molecule has 0 atom stereocenters. The summed E-state index contributed by atoms with van der Waals surface area (Å²) in [6, 6.07) is 2.69. The number of H-pyrrole nitrogens is 1. The van der Waals surface area contributed by atoms with E-state index in [0.717, 1.165) is 0 Å². The Labute approximate surface area is 73.4 Å². The molecule has 0 radical (unpaired) electrons. The first-order chi connectivity index (χ1) is 6.15. The normalized spacial score (nSPS) is 9.62. The van der Waals surface area contributed by atoms with Crippen molar-refractivity contribution in [3.05, 3.63) is 28.0 Å². The van der Waals surface area contributed by atoms with Gasteiger partial charge >= 0.3 is 0 Å². The minimum Gasteiger partial charge on any atom is -0.385 e. The molecular formula is C7H9N3O3. The average Bonchev–Trinajstić information content (AvgIpc) is 2.04. The lowest BCUT2D eigenvalue weighted by Gasteiger charge is -2.00. The molecular weight excluding hydrogens is 174 g/mol. The highest BCUT2D eigenvalue weighted by atomic mass is 16.3. The van der Waals surface area contributed by atoms with Crippen molar-refractivity contribution in [3.63, 3.8) is 0 Å². The number of rotatable bonds is 2. The van der Waals surface area contributed by atoms with Gasteiger partial charge in [0.15, 0.2) is 0 Å². The third-order valence-electron chi connectivity index (χ3n) is 1.42. The van der Waals surface area contributed by atoms with Crippen LogP contribution in [-0.2, 0) is 0 Å². The fraction of sp³-hybridized carbons (Fsp3) is 0.143. The summed E-state index contributed by atoms with van der Waals surface area (Å²) in [4.78, 5) is 24.4. The van der Waals surface area contributed by atoms with E-state index in [1.54, 1.807) is 0 Å². The molecule has 0 unspecified atom stereocenters. The van der Waals surface area contributed by atoms with Crippen LogP contribution in [0.2, 0.25) is 0 Å². The first-order valence-corrected chi connectivity index (χ1v) is 3.53. The van der Waals surface area contributed by atoms with Gasteiger partial charge in [-0.15, -0.1) is 0 Å². The number of aromatic amines is 1. The van der Waals surface area contributed by atoms with Crippen molar-refractivity contribution >= 4 is 11.7 Å². The lowest BCUT2D eigenvalue weighted by Crippen LogP contribution is -2.30. The molecule has 0 aromatic carbocycles. The summed E-state index contributed by atoms with van der Waals surface area (Å²) in [6.45, 7) is -0.511. The van der Waals surface area contributed by atoms with E-state index in [1.807, 2.05) is 0 Å². The quantitative estimate of drug-likeness (QED) is 0.424. The molecule has 1 heterocycles. The highest BCUT2D eigenvalue weighted by Gasteiger charge is 2.08. The minimum absolute atomic E-state index is 0.0803. The fourth-order valence-corrected chi connectivity index (χ4v) is 0.835. The Morgan fingerprint density at radius 3 is 2.85 bits per heavy atom. The van der Waals surface area contributed by atoms with E-state index in [0.29, 0.717) is 0 Å². The van der Waals surface area contributed by atoms with Crippen LogP contribution >= 0.6 is 0 Å². The third-order valence-corrected chi connectivity index (χ3v) is 1.42. The molecule has 0 saturated heterocycles. The largest absolute Gasteiger partial charge is 0.385 e. The topological polar surface area (TPSA) is 108 Å². The highest BCUT2D eigenvalue weighted by molar-refractivity contribution is 5.93. The van der Waals surface area contributed by atoms with Crippen LogP contribution in [-0.4, -0.2) is 22.7 Å². The molecule has 0 aliphatic rings. The summed E-state index contributed by atoms with van der Waals surface area (Å²) < 4.78 is 0. The van der Waals surface area contributed by atoms with Gasteiger partial charge in [-0.05, 0) is 12.1 Å². The first kappa shape index (κ1) is 9.27. The molecule has 1 amide bonds. The number of anilines is 1. The van der Waals surface area contributed by atoms with Gasteiger partial charge in [0, 0.05) is 0 Å². The van der Waals surface area contributed by atoms with Crippen molar-refractivity contribution in [2.75, 3.05) is 12.5 Å². The van der Waals surface area contributed by atoms with Crippen molar-refractivity contribution in [3.8, 4) is 0 Å². The van der Waals surface area contributed by atoms with Crippen LogP contribution in [0.25, 0.3) is 0 Å². The number of aliphatic hydroxyl groups excluding tert-OH is 1. The van der Waals surface area contributed by atoms with Gasteiger partial charge < -0.3 is 21.1 Å². The van der Waals surface area contributed by atoms with Crippen LogP contribution in [0.5, 0.6) is 0 Å². The van der Waals surface area contributed by atoms with E-state index in [4.69, 9.17) is 10.8 Å². The monoisotopic (exact) mass is 183 g/mol. The van der Waals surface area contributed by atoms with Crippen molar-refractivity contribution in [2.45, 2.75) is 0 Å². The smallest absolute Gasteiger partial charge is 0.262 e. The number of aromatic nitrogens is 1. The summed E-state index contributed by atoms with van der Waals surface area (Å²) in [7, 11) is 0. The molecule has 1 aromatic heterocycles. The summed E-state index contributed by atoms with van der Waals surface area (Å²) in [5.74, 6) is -0.450. The SMILES string of the molecule is Nc1ccc(C(=O)NCO)c(=O)[nH]1. The van der Waals surface area contributed by atoms with Gasteiger partial charge in [-0.1, -0.05) is 0 Å². The second-order valence-corrected chi connectivity index (χ2v) is 2.32. The molecule has 13 heavy (non-hydrogen) atoms. The molecule has 5 N–H and O–H groups in total. The van der Waals surface area contributed by atoms with E-state index in [2.05, 4.69) is 10.3 Å². The van der Waals surface area contributed by atoms with Crippen molar-refractivity contribution in [1.82, 2.24) is 10.3 Å². The predicted octanol–water partition coefficient (Wildman–Crippen LogP) is -1.36. The number of hydrogen-bond acceptors (Lipinski definition) is 4. The first-order valence-electron chi connectivity index (χ1n) is 3.53. The Bertz CT molecular complexity index is 371. The average molecular weight is 183 g/mol. The highest BCUT2D eigenvalue weighted by Crippen LogP contribution is 1.94. The lowest BCUT2D eigenvalue weighted by molar-refractivity contribution is 0.0909. The Balaban J connectivity index is 3.02. The summed E-state index contributed by atoms with van der Waals surface area (Å²) in [5, 5.41) is 10.5. The van der Waals surface area contributed by atoms with E-state index in [-0.39, 0.29) is 11.4 Å². The molecule has 6 nitrogen and oxygen atoms in total. The second kappa shape index (κ2) is 3.72. The van der Waals surface area contributed by atoms with Gasteiger partial charge in [-0.3, -0.25) is 9.59 Å². The molecule has 1 aromatic rings. The zero-order valence-corrected chi connectivity index (χ0v) is 6.70. The van der Waals surface area contributed by atoms with Crippen LogP contribution in [0.1, 0.15) is 10.4 Å². The van der Waals surface area contributed by atoms with Crippen LogP contribution in [0, 0.1) is 0 Å². The Morgan fingerprint density at radius 1 is 1.62 bits per heavy atom. The third kappa shape index (κ3) is 2.06. The van der Waals surface area contributed by atoms with E-state index in [1.165, 1.54) is 12.1 Å². The lowest BCUT2D eigenvalue weighted by atomic mass is 10.2. The number of hydrogen-bond donors (Lipinski definition) is 4. The standard InChI is InChI=1S/C7H9N3O3/c8-5-2-1-4(7(13)10-5)6(12)9-3-11/h1-2,11H,3H2,(H,9,12)(H3,8,10,13). The Kier molecular flexibility index (Phi) is 2.65. The van der Waals surface area contributed by atoms with E-state index >= 15 is 0 Å². The van der Waals surface area contributed by atoms with Crippen molar-refractivity contribution < 1.29 is 9.90 Å². The van der Waals surface area contributed by atoms with Crippen LogP contribution < -0.4 is 16.6 Å². The van der Waals surface area contributed by atoms with Crippen LogP contribution in [0.15, 0.2) is 16.9 Å². The number of carbonyl (C=O) groups excluding carboxylic acids is 1. The second-order valence-electron chi connectivity index (χ2n) is 2.32. The number of nitrogen functional groups attached to an aromatic ring is 1. The van der Waals surface area contributed by atoms with Gasteiger partial charge in [0.05, 0.1) is 0 Å². The number of nitrogens with one attached hydrogen (secondary N) is 2. The molecule has 0 fully saturated rings.